The maximum atomic E-state index is 5.74. The Kier molecular flexibility index (Phi) is 1.75. The average molecular weight is 179 g/mol. The van der Waals surface area contributed by atoms with Crippen LogP contribution in [0, 0.1) is 0 Å². The van der Waals surface area contributed by atoms with Gasteiger partial charge in [-0.3, -0.25) is 4.68 Å². The maximum absolute atomic E-state index is 5.74. The van der Waals surface area contributed by atoms with Crippen LogP contribution in [0.5, 0.6) is 0 Å². The summed E-state index contributed by atoms with van der Waals surface area (Å²) >= 11 is 1.51. The van der Waals surface area contributed by atoms with Crippen molar-refractivity contribution >= 4 is 22.6 Å². The van der Waals surface area contributed by atoms with Gasteiger partial charge in [0.1, 0.15) is 0 Å². The molecule has 62 valence electrons. The first-order valence-electron chi connectivity index (χ1n) is 3.59. The van der Waals surface area contributed by atoms with Crippen molar-refractivity contribution in [3.05, 3.63) is 35.8 Å². The van der Waals surface area contributed by atoms with Crippen LogP contribution in [-0.4, -0.2) is 9.05 Å². The number of fused-ring (bicyclic) bond motifs is 1. The molecule has 0 unspecified atom stereocenters. The number of nitrogen functional groups attached to an aromatic ring is 1. The van der Waals surface area contributed by atoms with Crippen LogP contribution in [0.2, 0.25) is 0 Å². The van der Waals surface area contributed by atoms with Gasteiger partial charge in [0, 0.05) is 11.6 Å². The van der Waals surface area contributed by atoms with Gasteiger partial charge < -0.3 is 10.2 Å². The fraction of sp³-hybridized carbons (Fsp3) is 0. The highest BCUT2D eigenvalue weighted by Crippen LogP contribution is 2.07. The molecule has 12 heavy (non-hydrogen) atoms. The van der Waals surface area contributed by atoms with Crippen molar-refractivity contribution in [1.29, 1.82) is 0 Å². The first-order chi connectivity index (χ1) is 5.88. The first-order valence-corrected chi connectivity index (χ1v) is 4.47. The molecule has 2 rings (SSSR count). The van der Waals surface area contributed by atoms with E-state index in [4.69, 9.17) is 5.84 Å². The van der Waals surface area contributed by atoms with E-state index >= 15 is 0 Å². The first kappa shape index (κ1) is 7.24. The average Bonchev–Trinajstić information content (AvgIpc) is 2.29. The molecule has 0 bridgehead atoms. The lowest BCUT2D eigenvalue weighted by molar-refractivity contribution is 1.05. The van der Waals surface area contributed by atoms with Crippen LogP contribution in [-0.2, 0) is 0 Å². The van der Waals surface area contributed by atoms with E-state index in [1.54, 1.807) is 4.68 Å². The predicted molar refractivity (Wildman–Crippen MR) is 51.9 cm³/mol. The monoisotopic (exact) mass is 179 g/mol. The Morgan fingerprint density at radius 1 is 1.33 bits per heavy atom. The molecule has 1 aromatic heterocycles. The summed E-state index contributed by atoms with van der Waals surface area (Å²) in [6, 6.07) is 7.91. The third-order valence-electron chi connectivity index (χ3n) is 1.64. The van der Waals surface area contributed by atoms with Gasteiger partial charge in [0.15, 0.2) is 0 Å². The number of aromatic amines is 1. The molecule has 0 amide bonds. The van der Waals surface area contributed by atoms with Gasteiger partial charge in [-0.15, -0.1) is 0 Å². The number of H-pyrrole nitrogens is 1. The molecule has 0 spiro atoms. The zero-order valence-electron chi connectivity index (χ0n) is 6.40. The number of benzene rings is 1. The van der Waals surface area contributed by atoms with Crippen molar-refractivity contribution in [3.63, 3.8) is 0 Å². The van der Waals surface area contributed by atoms with Crippen LogP contribution in [0.1, 0.15) is 0 Å². The number of nitrogens with one attached hydrogen (secondary N) is 1. The lowest BCUT2D eigenvalue weighted by Crippen LogP contribution is -2.06. The highest BCUT2D eigenvalue weighted by atomic mass is 32.1. The number of aromatic nitrogens is 2. The molecule has 4 heteroatoms. The molecule has 0 fully saturated rings. The Bertz CT molecular complexity index is 422. The molecule has 0 aliphatic heterocycles. The Morgan fingerprint density at radius 2 is 2.17 bits per heavy atom. The van der Waals surface area contributed by atoms with Gasteiger partial charge in [-0.2, -0.15) is 0 Å². The van der Waals surface area contributed by atoms with E-state index in [0.717, 1.165) is 11.0 Å². The van der Waals surface area contributed by atoms with Gasteiger partial charge in [0.05, 0.1) is 11.0 Å². The summed E-state index contributed by atoms with van der Waals surface area (Å²) in [5.41, 5.74) is 2.02. The standard InChI is InChI=1S/C8H9N3S/c9-11-5-6-12-10-7-3-1-2-4-8(7)11/h1-6,10H,9H2. The number of hydrogen-bond donors (Lipinski definition) is 2. The van der Waals surface area contributed by atoms with E-state index < -0.39 is 0 Å². The molecular formula is C8H9N3S. The summed E-state index contributed by atoms with van der Waals surface area (Å²) in [6.07, 6.45) is 1.82. The fourth-order valence-electron chi connectivity index (χ4n) is 1.06. The van der Waals surface area contributed by atoms with Crippen LogP contribution in [0.15, 0.2) is 35.8 Å². The zero-order valence-corrected chi connectivity index (χ0v) is 7.21. The van der Waals surface area contributed by atoms with Crippen LogP contribution in [0.3, 0.4) is 0 Å². The predicted octanol–water partition coefficient (Wildman–Crippen LogP) is 1.87. The number of nitrogens with two attached hydrogens (primary N) is 1. The van der Waals surface area contributed by atoms with Crippen molar-refractivity contribution in [2.24, 2.45) is 0 Å². The van der Waals surface area contributed by atoms with E-state index in [1.807, 2.05) is 35.8 Å². The third kappa shape index (κ3) is 1.16. The summed E-state index contributed by atoms with van der Waals surface area (Å²) in [7, 11) is 0. The van der Waals surface area contributed by atoms with Gasteiger partial charge in [-0.1, -0.05) is 23.7 Å². The zero-order chi connectivity index (χ0) is 8.39. The number of para-hydroxylation sites is 2. The normalized spacial score (nSPS) is 10.0. The second kappa shape index (κ2) is 2.91. The van der Waals surface area contributed by atoms with Crippen molar-refractivity contribution in [1.82, 2.24) is 9.05 Å². The van der Waals surface area contributed by atoms with E-state index in [2.05, 4.69) is 4.37 Å². The lowest BCUT2D eigenvalue weighted by atomic mass is 10.3. The van der Waals surface area contributed by atoms with Crippen LogP contribution in [0.25, 0.3) is 11.0 Å². The SMILES string of the molecule is Nn1ccs[nH]c2ccccc21. The van der Waals surface area contributed by atoms with Gasteiger partial charge in [0.2, 0.25) is 0 Å². The molecule has 2 aromatic rings. The largest absolute Gasteiger partial charge is 0.339 e. The summed E-state index contributed by atoms with van der Waals surface area (Å²) in [5, 5.41) is 1.90. The fourth-order valence-corrected chi connectivity index (χ4v) is 1.62. The van der Waals surface area contributed by atoms with Crippen molar-refractivity contribution in [2.75, 3.05) is 5.84 Å². The topological polar surface area (TPSA) is 46.7 Å². The Labute approximate surface area is 73.9 Å². The highest BCUT2D eigenvalue weighted by molar-refractivity contribution is 7.03. The minimum Gasteiger partial charge on any atom is -0.339 e. The molecule has 0 aliphatic rings. The lowest BCUT2D eigenvalue weighted by Gasteiger charge is -1.97. The molecule has 0 saturated carbocycles. The van der Waals surface area contributed by atoms with Gasteiger partial charge in [-0.05, 0) is 12.1 Å². The summed E-state index contributed by atoms with van der Waals surface area (Å²) in [5.74, 6) is 5.74. The van der Waals surface area contributed by atoms with Gasteiger partial charge in [0.25, 0.3) is 0 Å². The number of rotatable bonds is 0. The highest BCUT2D eigenvalue weighted by Gasteiger charge is 1.90. The number of hydrogen-bond acceptors (Lipinski definition) is 2. The smallest absolute Gasteiger partial charge is 0.0860 e. The maximum Gasteiger partial charge on any atom is 0.0860 e. The molecule has 0 radical (unpaired) electrons. The Morgan fingerprint density at radius 3 is 3.08 bits per heavy atom. The van der Waals surface area contributed by atoms with Crippen LogP contribution in [0.4, 0.5) is 0 Å². The summed E-state index contributed by atoms with van der Waals surface area (Å²) < 4.78 is 4.76. The number of nitrogens with zero attached hydrogens (tertiary/aromatic N) is 1. The minimum atomic E-state index is 0.985. The molecular weight excluding hydrogens is 170 g/mol. The van der Waals surface area contributed by atoms with Crippen LogP contribution < -0.4 is 5.84 Å². The second-order valence-corrected chi connectivity index (χ2v) is 3.14. The van der Waals surface area contributed by atoms with Crippen LogP contribution >= 0.6 is 11.5 Å². The second-order valence-electron chi connectivity index (χ2n) is 2.43. The van der Waals surface area contributed by atoms with E-state index in [9.17, 15) is 0 Å². The van der Waals surface area contributed by atoms with Crippen molar-refractivity contribution in [2.45, 2.75) is 0 Å². The van der Waals surface area contributed by atoms with E-state index in [0.29, 0.717) is 0 Å². The summed E-state index contributed by atoms with van der Waals surface area (Å²) in [6.45, 7) is 0. The van der Waals surface area contributed by atoms with Crippen molar-refractivity contribution in [3.8, 4) is 0 Å². The van der Waals surface area contributed by atoms with Crippen molar-refractivity contribution < 1.29 is 0 Å². The Hall–Kier alpha value is -1.42. The molecule has 3 nitrogen and oxygen atoms in total. The molecule has 1 aromatic carbocycles. The van der Waals surface area contributed by atoms with E-state index in [-0.39, 0.29) is 0 Å². The molecule has 0 saturated heterocycles. The quantitative estimate of drug-likeness (QED) is 0.596. The molecule has 1 heterocycles. The summed E-state index contributed by atoms with van der Waals surface area (Å²) in [4.78, 5) is 0. The van der Waals surface area contributed by atoms with Gasteiger partial charge >= 0.3 is 0 Å². The van der Waals surface area contributed by atoms with E-state index in [1.165, 1.54) is 11.5 Å². The Balaban J connectivity index is 2.95. The molecule has 3 N–H and O–H groups in total. The minimum absolute atomic E-state index is 0.985. The van der Waals surface area contributed by atoms with Gasteiger partial charge in [-0.25, -0.2) is 0 Å². The molecule has 0 aliphatic carbocycles. The third-order valence-corrected chi connectivity index (χ3v) is 2.24. The molecule has 0 atom stereocenters.